The fourth-order valence-corrected chi connectivity index (χ4v) is 2.07. The SMILES string of the molecule is COc1ccc(C(C)=O)cc1CC(=O)NCc1ccncc1. The first-order chi connectivity index (χ1) is 10.6. The van der Waals surface area contributed by atoms with Gasteiger partial charge in [0.15, 0.2) is 5.78 Å². The van der Waals surface area contributed by atoms with Gasteiger partial charge in [0.25, 0.3) is 0 Å². The molecule has 0 unspecified atom stereocenters. The van der Waals surface area contributed by atoms with Gasteiger partial charge in [-0.3, -0.25) is 14.6 Å². The van der Waals surface area contributed by atoms with E-state index in [-0.39, 0.29) is 18.1 Å². The topological polar surface area (TPSA) is 68.3 Å². The molecule has 1 heterocycles. The third-order valence-corrected chi connectivity index (χ3v) is 3.28. The van der Waals surface area contributed by atoms with Gasteiger partial charge in [0, 0.05) is 30.1 Å². The monoisotopic (exact) mass is 298 g/mol. The van der Waals surface area contributed by atoms with Crippen LogP contribution in [0.25, 0.3) is 0 Å². The number of ketones is 1. The van der Waals surface area contributed by atoms with Crippen LogP contribution in [-0.4, -0.2) is 23.8 Å². The quantitative estimate of drug-likeness (QED) is 0.830. The fraction of sp³-hybridized carbons (Fsp3) is 0.235. The van der Waals surface area contributed by atoms with E-state index in [9.17, 15) is 9.59 Å². The van der Waals surface area contributed by atoms with Crippen molar-refractivity contribution in [1.29, 1.82) is 0 Å². The number of methoxy groups -OCH3 is 1. The molecule has 0 atom stereocenters. The lowest BCUT2D eigenvalue weighted by Crippen LogP contribution is -2.24. The molecular formula is C17H18N2O3. The van der Waals surface area contributed by atoms with Crippen molar-refractivity contribution in [2.45, 2.75) is 19.9 Å². The molecule has 2 aromatic rings. The Hall–Kier alpha value is -2.69. The molecule has 0 saturated heterocycles. The highest BCUT2D eigenvalue weighted by Gasteiger charge is 2.11. The van der Waals surface area contributed by atoms with Crippen LogP contribution in [0.5, 0.6) is 5.75 Å². The van der Waals surface area contributed by atoms with Gasteiger partial charge < -0.3 is 10.1 Å². The van der Waals surface area contributed by atoms with Crippen LogP contribution in [0.1, 0.15) is 28.4 Å². The first-order valence-corrected chi connectivity index (χ1v) is 6.93. The molecule has 0 aliphatic heterocycles. The van der Waals surface area contributed by atoms with Gasteiger partial charge in [0.05, 0.1) is 13.5 Å². The molecule has 0 spiro atoms. The summed E-state index contributed by atoms with van der Waals surface area (Å²) in [5.41, 5.74) is 2.24. The number of amides is 1. The molecule has 22 heavy (non-hydrogen) atoms. The van der Waals surface area contributed by atoms with Gasteiger partial charge >= 0.3 is 0 Å². The van der Waals surface area contributed by atoms with Gasteiger partial charge in [0.2, 0.25) is 5.91 Å². The molecule has 5 heteroatoms. The van der Waals surface area contributed by atoms with Crippen LogP contribution in [0, 0.1) is 0 Å². The van der Waals surface area contributed by atoms with E-state index in [4.69, 9.17) is 4.74 Å². The molecular weight excluding hydrogens is 280 g/mol. The molecule has 0 fully saturated rings. The standard InChI is InChI=1S/C17H18N2O3/c1-12(20)14-3-4-16(22-2)15(9-14)10-17(21)19-11-13-5-7-18-8-6-13/h3-9H,10-11H2,1-2H3,(H,19,21). The van der Waals surface area contributed by atoms with Gasteiger partial charge in [-0.25, -0.2) is 0 Å². The Kier molecular flexibility index (Phi) is 5.25. The number of nitrogens with one attached hydrogen (secondary N) is 1. The third-order valence-electron chi connectivity index (χ3n) is 3.28. The molecule has 0 bridgehead atoms. The van der Waals surface area contributed by atoms with Crippen LogP contribution >= 0.6 is 0 Å². The molecule has 0 aliphatic carbocycles. The first-order valence-electron chi connectivity index (χ1n) is 6.93. The Morgan fingerprint density at radius 3 is 2.55 bits per heavy atom. The van der Waals surface area contributed by atoms with Crippen molar-refractivity contribution < 1.29 is 14.3 Å². The molecule has 0 saturated carbocycles. The third kappa shape index (κ3) is 4.15. The lowest BCUT2D eigenvalue weighted by atomic mass is 10.0. The Morgan fingerprint density at radius 2 is 1.91 bits per heavy atom. The predicted molar refractivity (Wildman–Crippen MR) is 82.8 cm³/mol. The second-order valence-electron chi connectivity index (χ2n) is 4.89. The van der Waals surface area contributed by atoms with Crippen molar-refractivity contribution in [3.63, 3.8) is 0 Å². The Morgan fingerprint density at radius 1 is 1.18 bits per heavy atom. The normalized spacial score (nSPS) is 10.1. The summed E-state index contributed by atoms with van der Waals surface area (Å²) in [6.45, 7) is 1.94. The van der Waals surface area contributed by atoms with E-state index in [0.29, 0.717) is 23.4 Å². The Labute approximate surface area is 129 Å². The summed E-state index contributed by atoms with van der Waals surface area (Å²) in [5.74, 6) is 0.431. The number of carbonyl (C=O) groups excluding carboxylic acids is 2. The zero-order valence-corrected chi connectivity index (χ0v) is 12.6. The van der Waals surface area contributed by atoms with Crippen molar-refractivity contribution in [2.75, 3.05) is 7.11 Å². The number of aromatic nitrogens is 1. The summed E-state index contributed by atoms with van der Waals surface area (Å²) < 4.78 is 5.24. The maximum absolute atomic E-state index is 12.1. The maximum Gasteiger partial charge on any atom is 0.224 e. The zero-order chi connectivity index (χ0) is 15.9. The van der Waals surface area contributed by atoms with E-state index >= 15 is 0 Å². The summed E-state index contributed by atoms with van der Waals surface area (Å²) >= 11 is 0. The minimum Gasteiger partial charge on any atom is -0.496 e. The molecule has 114 valence electrons. The number of carbonyl (C=O) groups is 2. The highest BCUT2D eigenvalue weighted by molar-refractivity contribution is 5.94. The predicted octanol–water partition coefficient (Wildman–Crippen LogP) is 2.15. The number of hydrogen-bond donors (Lipinski definition) is 1. The number of rotatable bonds is 6. The van der Waals surface area contributed by atoms with Crippen LogP contribution in [0.15, 0.2) is 42.7 Å². The second kappa shape index (κ2) is 7.36. The number of ether oxygens (including phenoxy) is 1. The van der Waals surface area contributed by atoms with Crippen molar-refractivity contribution >= 4 is 11.7 Å². The van der Waals surface area contributed by atoms with E-state index in [0.717, 1.165) is 5.56 Å². The van der Waals surface area contributed by atoms with Crippen molar-refractivity contribution in [3.8, 4) is 5.75 Å². The summed E-state index contributed by atoms with van der Waals surface area (Å²) in [6, 6.07) is 8.80. The number of Topliss-reactive ketones (excluding diaryl/α,β-unsaturated/α-hetero) is 1. The number of pyridine rings is 1. The van der Waals surface area contributed by atoms with E-state index in [1.807, 2.05) is 12.1 Å². The summed E-state index contributed by atoms with van der Waals surface area (Å²) in [4.78, 5) is 27.4. The van der Waals surface area contributed by atoms with E-state index in [1.54, 1.807) is 37.7 Å². The van der Waals surface area contributed by atoms with Gasteiger partial charge in [-0.1, -0.05) is 0 Å². The number of benzene rings is 1. The average Bonchev–Trinajstić information content (AvgIpc) is 2.53. The van der Waals surface area contributed by atoms with Crippen LogP contribution < -0.4 is 10.1 Å². The fourth-order valence-electron chi connectivity index (χ4n) is 2.07. The van der Waals surface area contributed by atoms with Crippen LogP contribution in [0.3, 0.4) is 0 Å². The largest absolute Gasteiger partial charge is 0.496 e. The molecule has 5 nitrogen and oxygen atoms in total. The molecule has 1 amide bonds. The molecule has 0 aliphatic rings. The molecule has 1 N–H and O–H groups in total. The van der Waals surface area contributed by atoms with Crippen molar-refractivity contribution in [3.05, 3.63) is 59.4 Å². The van der Waals surface area contributed by atoms with Crippen LogP contribution in [-0.2, 0) is 17.8 Å². The lowest BCUT2D eigenvalue weighted by molar-refractivity contribution is -0.120. The van der Waals surface area contributed by atoms with Crippen LogP contribution in [0.2, 0.25) is 0 Å². The summed E-state index contributed by atoms with van der Waals surface area (Å²) in [7, 11) is 1.54. The molecule has 1 aromatic heterocycles. The van der Waals surface area contributed by atoms with Gasteiger partial charge in [-0.15, -0.1) is 0 Å². The number of nitrogens with zero attached hydrogens (tertiary/aromatic N) is 1. The van der Waals surface area contributed by atoms with Crippen molar-refractivity contribution in [2.24, 2.45) is 0 Å². The molecule has 0 radical (unpaired) electrons. The maximum atomic E-state index is 12.1. The zero-order valence-electron chi connectivity index (χ0n) is 12.6. The summed E-state index contributed by atoms with van der Waals surface area (Å²) in [6.07, 6.45) is 3.52. The van der Waals surface area contributed by atoms with Gasteiger partial charge in [0.1, 0.15) is 5.75 Å². The van der Waals surface area contributed by atoms with E-state index in [2.05, 4.69) is 10.3 Å². The highest BCUT2D eigenvalue weighted by Crippen LogP contribution is 2.20. The van der Waals surface area contributed by atoms with Crippen molar-refractivity contribution in [1.82, 2.24) is 10.3 Å². The van der Waals surface area contributed by atoms with Crippen LogP contribution in [0.4, 0.5) is 0 Å². The Bertz CT molecular complexity index is 669. The average molecular weight is 298 g/mol. The smallest absolute Gasteiger partial charge is 0.224 e. The number of hydrogen-bond acceptors (Lipinski definition) is 4. The Balaban J connectivity index is 2.04. The van der Waals surface area contributed by atoms with Gasteiger partial charge in [-0.2, -0.15) is 0 Å². The first kappa shape index (κ1) is 15.7. The second-order valence-corrected chi connectivity index (χ2v) is 4.89. The minimum absolute atomic E-state index is 0.0407. The van der Waals surface area contributed by atoms with E-state index < -0.39 is 0 Å². The van der Waals surface area contributed by atoms with E-state index in [1.165, 1.54) is 6.92 Å². The van der Waals surface area contributed by atoms with Gasteiger partial charge in [-0.05, 0) is 42.8 Å². The summed E-state index contributed by atoms with van der Waals surface area (Å²) in [5, 5.41) is 2.84. The minimum atomic E-state index is -0.129. The highest BCUT2D eigenvalue weighted by atomic mass is 16.5. The lowest BCUT2D eigenvalue weighted by Gasteiger charge is -2.10. The molecule has 2 rings (SSSR count). The molecule has 1 aromatic carbocycles.